The summed E-state index contributed by atoms with van der Waals surface area (Å²) in [5.41, 5.74) is 5.99. The Morgan fingerprint density at radius 3 is 2.62 bits per heavy atom. The molecule has 1 aromatic heterocycles. The second kappa shape index (κ2) is 8.22. The molecule has 0 saturated carbocycles. The maximum atomic E-state index is 12.3. The number of hydrogen-bond acceptors (Lipinski definition) is 5. The lowest BCUT2D eigenvalue weighted by Crippen LogP contribution is -2.11. The molecule has 0 aliphatic rings. The molecule has 0 radical (unpaired) electrons. The van der Waals surface area contributed by atoms with Crippen molar-refractivity contribution in [2.75, 3.05) is 10.7 Å². The molecule has 1 heterocycles. The number of aromatic nitrogens is 2. The van der Waals surface area contributed by atoms with Gasteiger partial charge >= 0.3 is 0 Å². The van der Waals surface area contributed by atoms with Gasteiger partial charge in [0.05, 0.1) is 6.21 Å². The Hall–Kier alpha value is -3.25. The third-order valence-corrected chi connectivity index (χ3v) is 3.68. The molecule has 0 aliphatic heterocycles. The zero-order valence-corrected chi connectivity index (χ0v) is 14.7. The minimum Gasteiger partial charge on any atom is -0.322 e. The lowest BCUT2D eigenvalue weighted by atomic mass is 10.1. The fourth-order valence-electron chi connectivity index (χ4n) is 2.15. The van der Waals surface area contributed by atoms with Gasteiger partial charge in [0.25, 0.3) is 5.91 Å². The van der Waals surface area contributed by atoms with E-state index in [-0.39, 0.29) is 5.91 Å². The first-order chi connectivity index (χ1) is 12.6. The molecule has 3 aromatic rings. The lowest BCUT2D eigenvalue weighted by Gasteiger charge is -2.06. The van der Waals surface area contributed by atoms with Gasteiger partial charge in [0.2, 0.25) is 0 Å². The van der Waals surface area contributed by atoms with E-state index in [9.17, 15) is 4.79 Å². The number of anilines is 2. The van der Waals surface area contributed by atoms with Gasteiger partial charge in [-0.05, 0) is 48.9 Å². The number of benzene rings is 2. The molecule has 7 heteroatoms. The molecule has 0 unspecified atom stereocenters. The third kappa shape index (κ3) is 4.87. The summed E-state index contributed by atoms with van der Waals surface area (Å²) >= 11 is 5.68. The molecule has 0 fully saturated rings. The second-order valence-electron chi connectivity index (χ2n) is 5.56. The summed E-state index contributed by atoms with van der Waals surface area (Å²) in [7, 11) is 0. The number of nitrogens with one attached hydrogen (secondary N) is 2. The average molecular weight is 366 g/mol. The van der Waals surface area contributed by atoms with Gasteiger partial charge in [-0.3, -0.25) is 10.2 Å². The molecule has 0 aliphatic carbocycles. The summed E-state index contributed by atoms with van der Waals surface area (Å²) in [5, 5.41) is 14.8. The Morgan fingerprint density at radius 2 is 1.88 bits per heavy atom. The number of amides is 1. The monoisotopic (exact) mass is 365 g/mol. The normalized spacial score (nSPS) is 10.7. The van der Waals surface area contributed by atoms with Crippen molar-refractivity contribution in [2.45, 2.75) is 6.92 Å². The number of rotatable bonds is 5. The van der Waals surface area contributed by atoms with Crippen LogP contribution in [0.4, 0.5) is 11.5 Å². The predicted molar refractivity (Wildman–Crippen MR) is 104 cm³/mol. The molecular weight excluding hydrogens is 350 g/mol. The topological polar surface area (TPSA) is 79.3 Å². The van der Waals surface area contributed by atoms with E-state index in [1.165, 1.54) is 0 Å². The summed E-state index contributed by atoms with van der Waals surface area (Å²) in [4.78, 5) is 12.3. The first-order valence-corrected chi connectivity index (χ1v) is 8.24. The molecule has 3 rings (SSSR count). The second-order valence-corrected chi connectivity index (χ2v) is 5.94. The minimum atomic E-state index is -0.159. The smallest absolute Gasteiger partial charge is 0.255 e. The molecule has 6 nitrogen and oxygen atoms in total. The van der Waals surface area contributed by atoms with E-state index >= 15 is 0 Å². The number of nitrogens with zero attached hydrogens (tertiary/aromatic N) is 3. The molecule has 1 amide bonds. The summed E-state index contributed by atoms with van der Waals surface area (Å²) < 4.78 is 0. The van der Waals surface area contributed by atoms with Crippen molar-refractivity contribution >= 4 is 35.2 Å². The predicted octanol–water partition coefficient (Wildman–Crippen LogP) is 4.14. The van der Waals surface area contributed by atoms with Gasteiger partial charge in [0.1, 0.15) is 0 Å². The molecule has 26 heavy (non-hydrogen) atoms. The number of hydrazone groups is 1. The van der Waals surface area contributed by atoms with Crippen LogP contribution in [0.5, 0.6) is 0 Å². The van der Waals surface area contributed by atoms with E-state index in [2.05, 4.69) is 26.0 Å². The number of halogens is 1. The molecule has 0 spiro atoms. The van der Waals surface area contributed by atoms with E-state index in [4.69, 9.17) is 11.6 Å². The Kier molecular flexibility index (Phi) is 5.56. The Morgan fingerprint density at radius 1 is 1.08 bits per heavy atom. The van der Waals surface area contributed by atoms with Crippen LogP contribution in [0.3, 0.4) is 0 Å². The van der Waals surface area contributed by atoms with Crippen LogP contribution < -0.4 is 10.7 Å². The van der Waals surface area contributed by atoms with Gasteiger partial charge < -0.3 is 5.32 Å². The standard InChI is InChI=1S/C19H16ClN5O/c1-13-5-7-15(8-6-13)19(26)22-16-4-2-3-14(11-16)12-21-24-18-10-9-17(20)23-25-18/h2-12H,1H3,(H,22,26)(H,24,25)/b21-12+. The zero-order chi connectivity index (χ0) is 18.4. The van der Waals surface area contributed by atoms with Crippen LogP contribution in [-0.4, -0.2) is 22.3 Å². The highest BCUT2D eigenvalue weighted by Gasteiger charge is 2.05. The lowest BCUT2D eigenvalue weighted by molar-refractivity contribution is 0.102. The van der Waals surface area contributed by atoms with Gasteiger partial charge in [-0.1, -0.05) is 41.4 Å². The van der Waals surface area contributed by atoms with Crippen molar-refractivity contribution in [3.8, 4) is 0 Å². The van der Waals surface area contributed by atoms with E-state index in [0.29, 0.717) is 22.2 Å². The minimum absolute atomic E-state index is 0.159. The number of carbonyl (C=O) groups is 1. The van der Waals surface area contributed by atoms with Crippen molar-refractivity contribution in [2.24, 2.45) is 5.10 Å². The van der Waals surface area contributed by atoms with Crippen molar-refractivity contribution in [3.63, 3.8) is 0 Å². The van der Waals surface area contributed by atoms with Crippen LogP contribution >= 0.6 is 11.6 Å². The highest BCUT2D eigenvalue weighted by molar-refractivity contribution is 6.29. The number of carbonyl (C=O) groups excluding carboxylic acids is 1. The Bertz CT molecular complexity index is 923. The Balaban J connectivity index is 1.64. The molecule has 0 atom stereocenters. The van der Waals surface area contributed by atoms with Crippen LogP contribution in [0.2, 0.25) is 5.15 Å². The van der Waals surface area contributed by atoms with Crippen molar-refractivity contribution < 1.29 is 4.79 Å². The summed E-state index contributed by atoms with van der Waals surface area (Å²) in [6.45, 7) is 1.98. The van der Waals surface area contributed by atoms with Crippen LogP contribution in [0, 0.1) is 6.92 Å². The van der Waals surface area contributed by atoms with Crippen molar-refractivity contribution in [1.29, 1.82) is 0 Å². The summed E-state index contributed by atoms with van der Waals surface area (Å²) in [6.07, 6.45) is 1.62. The van der Waals surface area contributed by atoms with Crippen molar-refractivity contribution in [3.05, 3.63) is 82.5 Å². The molecule has 130 valence electrons. The van der Waals surface area contributed by atoms with Crippen molar-refractivity contribution in [1.82, 2.24) is 10.2 Å². The summed E-state index contributed by atoms with van der Waals surface area (Å²) in [6, 6.07) is 18.1. The fourth-order valence-corrected chi connectivity index (χ4v) is 2.25. The van der Waals surface area contributed by atoms with E-state index in [1.807, 2.05) is 43.3 Å². The number of hydrogen-bond donors (Lipinski definition) is 2. The quantitative estimate of drug-likeness (QED) is 0.526. The first kappa shape index (κ1) is 17.6. The van der Waals surface area contributed by atoms with Gasteiger partial charge in [-0.15, -0.1) is 10.2 Å². The summed E-state index contributed by atoms with van der Waals surface area (Å²) in [5.74, 6) is 0.322. The van der Waals surface area contributed by atoms with Crippen LogP contribution in [0.25, 0.3) is 0 Å². The van der Waals surface area contributed by atoms with E-state index in [1.54, 1.807) is 30.5 Å². The van der Waals surface area contributed by atoms with Gasteiger partial charge in [0.15, 0.2) is 11.0 Å². The van der Waals surface area contributed by atoms with Gasteiger partial charge in [0, 0.05) is 11.3 Å². The largest absolute Gasteiger partial charge is 0.322 e. The molecule has 0 bridgehead atoms. The highest BCUT2D eigenvalue weighted by atomic mass is 35.5. The van der Waals surface area contributed by atoms with E-state index < -0.39 is 0 Å². The molecular formula is C19H16ClN5O. The fraction of sp³-hybridized carbons (Fsp3) is 0.0526. The molecule has 2 aromatic carbocycles. The first-order valence-electron chi connectivity index (χ1n) is 7.86. The van der Waals surface area contributed by atoms with Gasteiger partial charge in [-0.25, -0.2) is 0 Å². The van der Waals surface area contributed by atoms with Crippen LogP contribution in [-0.2, 0) is 0 Å². The Labute approximate surface area is 155 Å². The zero-order valence-electron chi connectivity index (χ0n) is 14.0. The third-order valence-electron chi connectivity index (χ3n) is 3.48. The van der Waals surface area contributed by atoms with Crippen LogP contribution in [0.1, 0.15) is 21.5 Å². The molecule has 0 saturated heterocycles. The SMILES string of the molecule is Cc1ccc(C(=O)Nc2cccc(/C=N/Nc3ccc(Cl)nn3)c2)cc1. The molecule has 2 N–H and O–H groups in total. The maximum absolute atomic E-state index is 12.3. The number of aryl methyl sites for hydroxylation is 1. The van der Waals surface area contributed by atoms with E-state index in [0.717, 1.165) is 11.1 Å². The maximum Gasteiger partial charge on any atom is 0.255 e. The van der Waals surface area contributed by atoms with Crippen LogP contribution in [0.15, 0.2) is 65.8 Å². The van der Waals surface area contributed by atoms with Gasteiger partial charge in [-0.2, -0.15) is 5.10 Å². The highest BCUT2D eigenvalue weighted by Crippen LogP contribution is 2.12. The average Bonchev–Trinajstić information content (AvgIpc) is 2.64.